The highest BCUT2D eigenvalue weighted by Gasteiger charge is 2.23. The summed E-state index contributed by atoms with van der Waals surface area (Å²) in [6.45, 7) is 3.86. The molecular formula is C14H20N6OS. The number of aromatic amines is 1. The number of aryl methyl sites for hydroxylation is 1. The van der Waals surface area contributed by atoms with Crippen molar-refractivity contribution in [2.45, 2.75) is 13.0 Å². The topological polar surface area (TPSA) is 78.8 Å². The molecule has 1 atom stereocenters. The Kier molecular flexibility index (Phi) is 4.49. The van der Waals surface area contributed by atoms with Gasteiger partial charge in [-0.1, -0.05) is 0 Å². The minimum Gasteiger partial charge on any atom is -0.333 e. The maximum Gasteiger partial charge on any atom is 0.242 e. The molecule has 0 spiro atoms. The maximum atomic E-state index is 12.3. The number of thioether (sulfide) groups is 1. The van der Waals surface area contributed by atoms with Crippen LogP contribution in [-0.4, -0.2) is 61.2 Å². The number of carbonyl (C=O) groups excluding carboxylic acids is 1. The van der Waals surface area contributed by atoms with Crippen molar-refractivity contribution in [2.24, 2.45) is 7.05 Å². The lowest BCUT2D eigenvalue weighted by Gasteiger charge is -2.30. The third-order valence-corrected chi connectivity index (χ3v) is 4.81. The van der Waals surface area contributed by atoms with Crippen LogP contribution in [0.1, 0.15) is 6.92 Å². The van der Waals surface area contributed by atoms with Crippen LogP contribution in [0.5, 0.6) is 0 Å². The van der Waals surface area contributed by atoms with Crippen LogP contribution < -0.4 is 5.32 Å². The van der Waals surface area contributed by atoms with E-state index < -0.39 is 0 Å². The zero-order valence-corrected chi connectivity index (χ0v) is 13.6. The van der Waals surface area contributed by atoms with Gasteiger partial charge in [0.25, 0.3) is 0 Å². The summed E-state index contributed by atoms with van der Waals surface area (Å²) >= 11 is 1.93. The summed E-state index contributed by atoms with van der Waals surface area (Å²) in [5.41, 5.74) is 0.782. The first kappa shape index (κ1) is 15.1. The highest BCUT2D eigenvalue weighted by atomic mass is 32.2. The average molecular weight is 320 g/mol. The van der Waals surface area contributed by atoms with E-state index in [2.05, 4.69) is 25.4 Å². The van der Waals surface area contributed by atoms with Crippen LogP contribution in [0.3, 0.4) is 0 Å². The number of rotatable bonds is 4. The molecule has 2 aromatic heterocycles. The molecule has 3 heterocycles. The molecular weight excluding hydrogens is 300 g/mol. The Balaban J connectivity index is 1.64. The molecule has 0 aliphatic carbocycles. The molecule has 0 saturated carbocycles. The molecule has 2 N–H and O–H groups in total. The Bertz CT molecular complexity index is 645. The summed E-state index contributed by atoms with van der Waals surface area (Å²) in [5.74, 6) is 3.47. The number of hydrogen-bond donors (Lipinski definition) is 2. The second kappa shape index (κ2) is 6.53. The predicted molar refractivity (Wildman–Crippen MR) is 87.8 cm³/mol. The van der Waals surface area contributed by atoms with E-state index in [0.29, 0.717) is 5.82 Å². The van der Waals surface area contributed by atoms with E-state index in [9.17, 15) is 4.79 Å². The Morgan fingerprint density at radius 3 is 2.91 bits per heavy atom. The van der Waals surface area contributed by atoms with Crippen LogP contribution in [0.4, 0.5) is 5.82 Å². The number of hydrogen-bond acceptors (Lipinski definition) is 5. The Labute approximate surface area is 133 Å². The first-order valence-corrected chi connectivity index (χ1v) is 8.46. The molecule has 0 unspecified atom stereocenters. The van der Waals surface area contributed by atoms with Gasteiger partial charge in [-0.25, -0.2) is 4.98 Å². The van der Waals surface area contributed by atoms with Crippen LogP contribution in [0.2, 0.25) is 0 Å². The summed E-state index contributed by atoms with van der Waals surface area (Å²) in [7, 11) is 1.91. The predicted octanol–water partition coefficient (Wildman–Crippen LogP) is 1.19. The van der Waals surface area contributed by atoms with E-state index in [4.69, 9.17) is 0 Å². The van der Waals surface area contributed by atoms with E-state index >= 15 is 0 Å². The highest BCUT2D eigenvalue weighted by Crippen LogP contribution is 2.18. The second-order valence-corrected chi connectivity index (χ2v) is 6.57. The molecule has 0 bridgehead atoms. The van der Waals surface area contributed by atoms with E-state index in [0.717, 1.165) is 36.1 Å². The van der Waals surface area contributed by atoms with Crippen LogP contribution in [-0.2, 0) is 11.8 Å². The number of aromatic nitrogens is 4. The number of carbonyl (C=O) groups is 1. The highest BCUT2D eigenvalue weighted by molar-refractivity contribution is 7.99. The summed E-state index contributed by atoms with van der Waals surface area (Å²) in [4.78, 5) is 18.8. The zero-order chi connectivity index (χ0) is 15.5. The fraction of sp³-hybridized carbons (Fsp3) is 0.500. The van der Waals surface area contributed by atoms with Gasteiger partial charge in [-0.2, -0.15) is 16.9 Å². The van der Waals surface area contributed by atoms with Crippen LogP contribution >= 0.6 is 11.8 Å². The van der Waals surface area contributed by atoms with E-state index in [1.807, 2.05) is 36.5 Å². The molecule has 7 nitrogen and oxygen atoms in total. The molecule has 118 valence electrons. The quantitative estimate of drug-likeness (QED) is 0.884. The minimum atomic E-state index is -0.144. The average Bonchev–Trinajstić information content (AvgIpc) is 3.16. The molecule has 0 radical (unpaired) electrons. The van der Waals surface area contributed by atoms with Crippen molar-refractivity contribution in [3.8, 4) is 11.5 Å². The monoisotopic (exact) mass is 320 g/mol. The van der Waals surface area contributed by atoms with Gasteiger partial charge in [0.15, 0.2) is 11.6 Å². The van der Waals surface area contributed by atoms with Crippen LogP contribution in [0.25, 0.3) is 11.5 Å². The van der Waals surface area contributed by atoms with Gasteiger partial charge in [0.1, 0.15) is 5.69 Å². The maximum absolute atomic E-state index is 12.3. The largest absolute Gasteiger partial charge is 0.333 e. The number of imidazole rings is 1. The third-order valence-electron chi connectivity index (χ3n) is 3.86. The SMILES string of the molecule is C[C@@H](C(=O)Nc1cc(-c2nccn2C)[nH]n1)N1CCSCC1. The van der Waals surface area contributed by atoms with Gasteiger partial charge in [-0.15, -0.1) is 0 Å². The lowest BCUT2D eigenvalue weighted by atomic mass is 10.2. The second-order valence-electron chi connectivity index (χ2n) is 5.34. The van der Waals surface area contributed by atoms with Crippen molar-refractivity contribution in [1.29, 1.82) is 0 Å². The lowest BCUT2D eigenvalue weighted by Crippen LogP contribution is -2.46. The standard InChI is InChI=1S/C14H20N6OS/c1-10(20-5-7-22-8-6-20)14(21)16-12-9-11(17-18-12)13-15-3-4-19(13)2/h3-4,9-10H,5-8H2,1-2H3,(H2,16,17,18,21)/t10-/m0/s1. The smallest absolute Gasteiger partial charge is 0.242 e. The number of amides is 1. The Morgan fingerprint density at radius 1 is 1.45 bits per heavy atom. The molecule has 1 fully saturated rings. The van der Waals surface area contributed by atoms with Gasteiger partial charge in [0, 0.05) is 50.1 Å². The number of nitrogens with one attached hydrogen (secondary N) is 2. The van der Waals surface area contributed by atoms with E-state index in [-0.39, 0.29) is 11.9 Å². The first-order valence-electron chi connectivity index (χ1n) is 7.31. The summed E-state index contributed by atoms with van der Waals surface area (Å²) < 4.78 is 1.90. The molecule has 8 heteroatoms. The molecule has 1 aliphatic rings. The van der Waals surface area contributed by atoms with Crippen molar-refractivity contribution in [3.05, 3.63) is 18.5 Å². The number of anilines is 1. The fourth-order valence-electron chi connectivity index (χ4n) is 2.49. The lowest BCUT2D eigenvalue weighted by molar-refractivity contribution is -0.120. The first-order chi connectivity index (χ1) is 10.6. The van der Waals surface area contributed by atoms with Crippen molar-refractivity contribution >= 4 is 23.5 Å². The van der Waals surface area contributed by atoms with Gasteiger partial charge < -0.3 is 9.88 Å². The third kappa shape index (κ3) is 3.17. The van der Waals surface area contributed by atoms with Gasteiger partial charge in [-0.3, -0.25) is 14.8 Å². The van der Waals surface area contributed by atoms with Crippen molar-refractivity contribution in [2.75, 3.05) is 29.9 Å². The van der Waals surface area contributed by atoms with E-state index in [1.54, 1.807) is 12.3 Å². The number of H-pyrrole nitrogens is 1. The van der Waals surface area contributed by atoms with Gasteiger partial charge >= 0.3 is 0 Å². The molecule has 1 saturated heterocycles. The molecule has 1 aliphatic heterocycles. The van der Waals surface area contributed by atoms with Gasteiger partial charge in [0.2, 0.25) is 5.91 Å². The zero-order valence-electron chi connectivity index (χ0n) is 12.7. The molecule has 1 amide bonds. The summed E-state index contributed by atoms with van der Waals surface area (Å²) in [6, 6.07) is 1.66. The van der Waals surface area contributed by atoms with Crippen LogP contribution in [0, 0.1) is 0 Å². The van der Waals surface area contributed by atoms with Crippen molar-refractivity contribution < 1.29 is 4.79 Å². The fourth-order valence-corrected chi connectivity index (χ4v) is 3.42. The molecule has 3 rings (SSSR count). The van der Waals surface area contributed by atoms with Gasteiger partial charge in [-0.05, 0) is 6.92 Å². The summed E-state index contributed by atoms with van der Waals surface area (Å²) in [6.07, 6.45) is 3.59. The van der Waals surface area contributed by atoms with Gasteiger partial charge in [0.05, 0.1) is 6.04 Å². The normalized spacial score (nSPS) is 17.4. The summed E-state index contributed by atoms with van der Waals surface area (Å²) in [5, 5.41) is 9.93. The van der Waals surface area contributed by atoms with Crippen molar-refractivity contribution in [1.82, 2.24) is 24.6 Å². The van der Waals surface area contributed by atoms with Crippen LogP contribution in [0.15, 0.2) is 18.5 Å². The molecule has 22 heavy (non-hydrogen) atoms. The van der Waals surface area contributed by atoms with E-state index in [1.165, 1.54) is 0 Å². The Morgan fingerprint density at radius 2 is 2.23 bits per heavy atom. The number of nitrogens with zero attached hydrogens (tertiary/aromatic N) is 4. The van der Waals surface area contributed by atoms with Crippen molar-refractivity contribution in [3.63, 3.8) is 0 Å². The molecule has 0 aromatic carbocycles. The minimum absolute atomic E-state index is 0.0233. The Hall–Kier alpha value is -1.80. The molecule has 2 aromatic rings.